The second kappa shape index (κ2) is 6.44. The lowest BCUT2D eigenvalue weighted by Gasteiger charge is -2.08. The normalized spacial score (nSPS) is 10.2. The number of aromatic nitrogens is 1. The molecular weight excluding hydrogens is 329 g/mol. The second-order valence-electron chi connectivity index (χ2n) is 3.85. The highest BCUT2D eigenvalue weighted by atomic mass is 79.9. The number of carbonyl (C=O) groups excluding carboxylic acids is 1. The molecule has 20 heavy (non-hydrogen) atoms. The van der Waals surface area contributed by atoms with E-state index in [1.807, 2.05) is 5.43 Å². The van der Waals surface area contributed by atoms with E-state index in [4.69, 9.17) is 10.6 Å². The number of nitrogen functional groups attached to an aromatic ring is 1. The maximum atomic E-state index is 13.1. The summed E-state index contributed by atoms with van der Waals surface area (Å²) < 4.78 is 19.2. The quantitative estimate of drug-likeness (QED) is 0.508. The highest BCUT2D eigenvalue weighted by molar-refractivity contribution is 9.10. The first-order chi connectivity index (χ1) is 9.60. The zero-order valence-corrected chi connectivity index (χ0v) is 11.9. The molecule has 7 heteroatoms. The molecule has 0 radical (unpaired) electrons. The number of benzene rings is 1. The van der Waals surface area contributed by atoms with Gasteiger partial charge < -0.3 is 4.74 Å². The van der Waals surface area contributed by atoms with E-state index in [2.05, 4.69) is 20.9 Å². The highest BCUT2D eigenvalue weighted by Gasteiger charge is 2.07. The molecule has 0 aliphatic heterocycles. The Bertz CT molecular complexity index is 637. The molecule has 0 spiro atoms. The summed E-state index contributed by atoms with van der Waals surface area (Å²) in [6, 6.07) is 9.03. The number of pyridine rings is 1. The van der Waals surface area contributed by atoms with Crippen LogP contribution in [0.15, 0.2) is 40.9 Å². The summed E-state index contributed by atoms with van der Waals surface area (Å²) in [5, 5.41) is 0. The number of nitrogens with zero attached hydrogens (tertiary/aromatic N) is 1. The van der Waals surface area contributed by atoms with Gasteiger partial charge in [0, 0.05) is 6.07 Å². The molecule has 0 fully saturated rings. The van der Waals surface area contributed by atoms with Gasteiger partial charge in [-0.1, -0.05) is 6.07 Å². The van der Waals surface area contributed by atoms with Crippen molar-refractivity contribution in [2.45, 2.75) is 6.61 Å². The van der Waals surface area contributed by atoms with Crippen molar-refractivity contribution < 1.29 is 13.9 Å². The molecule has 2 rings (SSSR count). The van der Waals surface area contributed by atoms with Crippen LogP contribution in [-0.2, 0) is 6.61 Å². The van der Waals surface area contributed by atoms with Crippen LogP contribution in [0.3, 0.4) is 0 Å². The third-order valence-electron chi connectivity index (χ3n) is 2.44. The molecule has 3 N–H and O–H groups in total. The van der Waals surface area contributed by atoms with Crippen molar-refractivity contribution in [3.63, 3.8) is 0 Å². The smallest absolute Gasteiger partial charge is 0.283 e. The number of rotatable bonds is 4. The van der Waals surface area contributed by atoms with Crippen LogP contribution in [0.4, 0.5) is 4.39 Å². The fourth-order valence-corrected chi connectivity index (χ4v) is 1.86. The van der Waals surface area contributed by atoms with Crippen LogP contribution in [0.5, 0.6) is 5.75 Å². The van der Waals surface area contributed by atoms with E-state index in [0.29, 0.717) is 15.9 Å². The van der Waals surface area contributed by atoms with Gasteiger partial charge in [-0.15, -0.1) is 0 Å². The minimum atomic E-state index is -0.487. The Morgan fingerprint density at radius 3 is 2.95 bits per heavy atom. The molecule has 1 aromatic carbocycles. The average molecular weight is 340 g/mol. The van der Waals surface area contributed by atoms with Crippen LogP contribution in [0.25, 0.3) is 0 Å². The van der Waals surface area contributed by atoms with E-state index >= 15 is 0 Å². The molecule has 1 aromatic heterocycles. The summed E-state index contributed by atoms with van der Waals surface area (Å²) >= 11 is 3.26. The van der Waals surface area contributed by atoms with Crippen LogP contribution in [0.1, 0.15) is 16.2 Å². The fraction of sp³-hybridized carbons (Fsp3) is 0.0769. The lowest BCUT2D eigenvalue weighted by Crippen LogP contribution is -2.30. The lowest BCUT2D eigenvalue weighted by molar-refractivity contribution is 0.0948. The minimum absolute atomic E-state index is 0.105. The first-order valence-corrected chi connectivity index (χ1v) is 6.44. The van der Waals surface area contributed by atoms with Crippen molar-refractivity contribution in [3.05, 3.63) is 58.1 Å². The number of ether oxygens (including phenoxy) is 1. The second-order valence-corrected chi connectivity index (χ2v) is 4.71. The Morgan fingerprint density at radius 1 is 1.40 bits per heavy atom. The summed E-state index contributed by atoms with van der Waals surface area (Å²) in [4.78, 5) is 15.4. The van der Waals surface area contributed by atoms with Crippen LogP contribution < -0.4 is 16.0 Å². The van der Waals surface area contributed by atoms with Crippen molar-refractivity contribution in [1.29, 1.82) is 0 Å². The predicted molar refractivity (Wildman–Crippen MR) is 74.3 cm³/mol. The van der Waals surface area contributed by atoms with Crippen LogP contribution in [-0.4, -0.2) is 10.9 Å². The Labute approximate surface area is 123 Å². The van der Waals surface area contributed by atoms with E-state index < -0.39 is 11.7 Å². The van der Waals surface area contributed by atoms with E-state index in [9.17, 15) is 9.18 Å². The first-order valence-electron chi connectivity index (χ1n) is 5.65. The summed E-state index contributed by atoms with van der Waals surface area (Å²) in [7, 11) is 0. The van der Waals surface area contributed by atoms with Gasteiger partial charge in [-0.3, -0.25) is 10.2 Å². The average Bonchev–Trinajstić information content (AvgIpc) is 2.47. The maximum Gasteiger partial charge on any atom is 0.283 e. The number of amides is 1. The van der Waals surface area contributed by atoms with Crippen molar-refractivity contribution >= 4 is 21.8 Å². The van der Waals surface area contributed by atoms with Gasteiger partial charge >= 0.3 is 0 Å². The molecule has 1 amide bonds. The molecular formula is C13H11BrFN3O2. The molecule has 0 aliphatic carbocycles. The number of nitrogens with two attached hydrogens (primary N) is 1. The predicted octanol–water partition coefficient (Wildman–Crippen LogP) is 2.17. The highest BCUT2D eigenvalue weighted by Crippen LogP contribution is 2.26. The summed E-state index contributed by atoms with van der Waals surface area (Å²) in [6.07, 6.45) is 0. The Kier molecular flexibility index (Phi) is 4.65. The zero-order valence-electron chi connectivity index (χ0n) is 10.3. The largest absolute Gasteiger partial charge is 0.486 e. The van der Waals surface area contributed by atoms with Gasteiger partial charge in [-0.25, -0.2) is 15.2 Å². The maximum absolute atomic E-state index is 13.1. The van der Waals surface area contributed by atoms with Gasteiger partial charge in [0.25, 0.3) is 5.91 Å². The van der Waals surface area contributed by atoms with Crippen LogP contribution >= 0.6 is 15.9 Å². The van der Waals surface area contributed by atoms with E-state index in [0.717, 1.165) is 0 Å². The molecule has 0 atom stereocenters. The number of hydrogen-bond acceptors (Lipinski definition) is 4. The monoisotopic (exact) mass is 339 g/mol. The van der Waals surface area contributed by atoms with Gasteiger partial charge in [0.15, 0.2) is 0 Å². The Hall–Kier alpha value is -1.99. The van der Waals surface area contributed by atoms with Gasteiger partial charge in [0.1, 0.15) is 23.9 Å². The fourth-order valence-electron chi connectivity index (χ4n) is 1.50. The number of hydrazine groups is 1. The van der Waals surface area contributed by atoms with Crippen molar-refractivity contribution in [3.8, 4) is 5.75 Å². The number of halogens is 2. The molecule has 0 saturated heterocycles. The molecule has 0 bridgehead atoms. The first kappa shape index (κ1) is 14.4. The molecule has 104 valence electrons. The number of hydrogen-bond donors (Lipinski definition) is 2. The van der Waals surface area contributed by atoms with Gasteiger partial charge in [-0.05, 0) is 40.2 Å². The molecule has 1 heterocycles. The number of carbonyl (C=O) groups is 1. The van der Waals surface area contributed by atoms with Gasteiger partial charge in [0.05, 0.1) is 10.2 Å². The van der Waals surface area contributed by atoms with Crippen molar-refractivity contribution in [2.75, 3.05) is 0 Å². The third kappa shape index (κ3) is 3.52. The van der Waals surface area contributed by atoms with Crippen LogP contribution in [0, 0.1) is 5.82 Å². The molecule has 5 nitrogen and oxygen atoms in total. The third-order valence-corrected chi connectivity index (χ3v) is 3.09. The topological polar surface area (TPSA) is 77.2 Å². The lowest BCUT2D eigenvalue weighted by atomic mass is 10.3. The van der Waals surface area contributed by atoms with Crippen molar-refractivity contribution in [1.82, 2.24) is 10.4 Å². The Balaban J connectivity index is 2.11. The summed E-state index contributed by atoms with van der Waals surface area (Å²) in [5.41, 5.74) is 2.72. The zero-order chi connectivity index (χ0) is 14.5. The molecule has 2 aromatic rings. The van der Waals surface area contributed by atoms with Crippen molar-refractivity contribution in [2.24, 2.45) is 5.84 Å². The van der Waals surface area contributed by atoms with Crippen LogP contribution in [0.2, 0.25) is 0 Å². The minimum Gasteiger partial charge on any atom is -0.486 e. The van der Waals surface area contributed by atoms with E-state index in [-0.39, 0.29) is 12.3 Å². The summed E-state index contributed by atoms with van der Waals surface area (Å²) in [5.74, 6) is 4.52. The number of nitrogens with one attached hydrogen (secondary N) is 1. The Morgan fingerprint density at radius 2 is 2.20 bits per heavy atom. The standard InChI is InChI=1S/C13H11BrFN3O2/c14-10-5-4-8(15)6-12(10)20-7-9-2-1-3-11(17-9)13(19)18-16/h1-6H,7,16H2,(H,18,19). The van der Waals surface area contributed by atoms with E-state index in [1.165, 1.54) is 18.2 Å². The van der Waals surface area contributed by atoms with Gasteiger partial charge in [0.2, 0.25) is 0 Å². The molecule has 0 unspecified atom stereocenters. The van der Waals surface area contributed by atoms with E-state index in [1.54, 1.807) is 18.2 Å². The SMILES string of the molecule is NNC(=O)c1cccc(COc2cc(F)ccc2Br)n1. The summed E-state index contributed by atoms with van der Waals surface area (Å²) in [6.45, 7) is 0.105. The van der Waals surface area contributed by atoms with Gasteiger partial charge in [-0.2, -0.15) is 0 Å². The molecule has 0 saturated carbocycles. The molecule has 0 aliphatic rings.